The number of hydrogen-bond donors (Lipinski definition) is 4. The number of hydrogen-bond acceptors (Lipinski definition) is 10. The number of carbonyl (C=O) groups is 5. The zero-order valence-electron chi connectivity index (χ0n) is 35.3. The molecule has 14 heteroatoms. The van der Waals surface area contributed by atoms with Gasteiger partial charge in [-0.1, -0.05) is 69.7 Å². The molecule has 3 atom stereocenters. The lowest BCUT2D eigenvalue weighted by molar-refractivity contribution is -0.144. The van der Waals surface area contributed by atoms with Gasteiger partial charge in [0, 0.05) is 38.6 Å². The Kier molecular flexibility index (Phi) is 16.0. The van der Waals surface area contributed by atoms with E-state index in [2.05, 4.69) is 20.9 Å². The summed E-state index contributed by atoms with van der Waals surface area (Å²) >= 11 is 1.57. The Bertz CT molecular complexity index is 2180. The monoisotopic (exact) mass is 839 g/mol. The van der Waals surface area contributed by atoms with Crippen LogP contribution in [0.15, 0.2) is 72.3 Å². The summed E-state index contributed by atoms with van der Waals surface area (Å²) in [6.07, 6.45) is 2.80. The summed E-state index contributed by atoms with van der Waals surface area (Å²) in [5.74, 6) is -1.13. The quantitative estimate of drug-likeness (QED) is 0.0524. The first-order valence-corrected chi connectivity index (χ1v) is 21.3. The normalized spacial score (nSPS) is 16.0. The number of unbranched alkanes of at least 4 members (excludes halogenated alkanes) is 2. The first-order chi connectivity index (χ1) is 28.6. The van der Waals surface area contributed by atoms with Gasteiger partial charge in [0.05, 0.1) is 28.8 Å². The standard InChI is InChI=1S/C46H57N5O8S/c1-7-58-41(55)21-29(2)33-16-17-35-23-37(19-18-34(35)22-33)59-27-40(54)47-20-10-8-9-11-39(53)50-43(46(4,5)6)45(57)51-26-36(52)24-38(51)44(56)48-25-31-12-14-32(15-13-31)42-30(3)49-28-60-42/h12-19,21-23,28,36,38,43,52H,7-11,20,24-27H2,1-6H3,(H,47,54)(H,48,56)(H,50,53)/b29-21+/t36-,38+,43-/m1/s1. The molecule has 4 amide bonds. The second kappa shape index (κ2) is 21.1. The van der Waals surface area contributed by atoms with Crippen molar-refractivity contribution in [3.8, 4) is 16.2 Å². The van der Waals surface area contributed by atoms with Crippen LogP contribution in [0.2, 0.25) is 0 Å². The second-order valence-corrected chi connectivity index (χ2v) is 17.1. The fourth-order valence-electron chi connectivity index (χ4n) is 7.03. The topological polar surface area (TPSA) is 176 Å². The van der Waals surface area contributed by atoms with Gasteiger partial charge in [-0.15, -0.1) is 11.3 Å². The third-order valence-electron chi connectivity index (χ3n) is 10.4. The van der Waals surface area contributed by atoms with E-state index in [0.717, 1.165) is 43.6 Å². The Morgan fingerprint density at radius 3 is 2.40 bits per heavy atom. The van der Waals surface area contributed by atoms with Crippen LogP contribution in [0.1, 0.15) is 83.5 Å². The molecular weight excluding hydrogens is 783 g/mol. The van der Waals surface area contributed by atoms with Crippen LogP contribution in [0.3, 0.4) is 0 Å². The predicted octanol–water partition coefficient (Wildman–Crippen LogP) is 6.10. The summed E-state index contributed by atoms with van der Waals surface area (Å²) in [6.45, 7) is 12.0. The van der Waals surface area contributed by atoms with Gasteiger partial charge in [0.15, 0.2) is 6.61 Å². The lowest BCUT2D eigenvalue weighted by atomic mass is 9.85. The van der Waals surface area contributed by atoms with E-state index >= 15 is 0 Å². The zero-order valence-corrected chi connectivity index (χ0v) is 36.2. The molecule has 1 aliphatic rings. The average Bonchev–Trinajstić information content (AvgIpc) is 3.83. The fourth-order valence-corrected chi connectivity index (χ4v) is 7.84. The number of esters is 1. The number of aromatic nitrogens is 1. The molecule has 60 heavy (non-hydrogen) atoms. The van der Waals surface area contributed by atoms with E-state index < -0.39 is 29.5 Å². The van der Waals surface area contributed by atoms with Crippen LogP contribution in [0.4, 0.5) is 0 Å². The van der Waals surface area contributed by atoms with Crippen molar-refractivity contribution in [2.24, 2.45) is 5.41 Å². The van der Waals surface area contributed by atoms with Gasteiger partial charge in [-0.2, -0.15) is 0 Å². The minimum Gasteiger partial charge on any atom is -0.484 e. The number of aliphatic hydroxyl groups is 1. The number of β-amino-alcohol motifs (C(OH)–C–C–N with tert-alkyl or cyclic N) is 1. The number of carbonyl (C=O) groups excluding carboxylic acids is 5. The van der Waals surface area contributed by atoms with Crippen molar-refractivity contribution in [2.45, 2.75) is 98.4 Å². The number of thiazole rings is 1. The molecule has 4 N–H and O–H groups in total. The van der Waals surface area contributed by atoms with Gasteiger partial charge in [0.25, 0.3) is 5.91 Å². The van der Waals surface area contributed by atoms with Gasteiger partial charge in [-0.05, 0) is 90.3 Å². The number of amides is 4. The Hall–Kier alpha value is -5.60. The Balaban J connectivity index is 1.02. The van der Waals surface area contributed by atoms with Gasteiger partial charge in [0.1, 0.15) is 17.8 Å². The lowest BCUT2D eigenvalue weighted by Crippen LogP contribution is -2.57. The van der Waals surface area contributed by atoms with Crippen molar-refractivity contribution in [3.63, 3.8) is 0 Å². The number of aliphatic hydroxyl groups excluding tert-OH is 1. The zero-order chi connectivity index (χ0) is 43.4. The smallest absolute Gasteiger partial charge is 0.331 e. The minimum absolute atomic E-state index is 0.000710. The van der Waals surface area contributed by atoms with Crippen molar-refractivity contribution in [1.29, 1.82) is 0 Å². The third kappa shape index (κ3) is 12.7. The van der Waals surface area contributed by atoms with E-state index in [0.29, 0.717) is 38.2 Å². The van der Waals surface area contributed by atoms with Gasteiger partial charge in [0.2, 0.25) is 17.7 Å². The summed E-state index contributed by atoms with van der Waals surface area (Å²) < 4.78 is 10.7. The number of fused-ring (bicyclic) bond motifs is 1. The Morgan fingerprint density at radius 2 is 1.70 bits per heavy atom. The fraction of sp³-hybridized carbons (Fsp3) is 0.435. The number of allylic oxidation sites excluding steroid dienone is 1. The molecule has 0 radical (unpaired) electrons. The maximum Gasteiger partial charge on any atom is 0.331 e. The number of benzene rings is 3. The highest BCUT2D eigenvalue weighted by molar-refractivity contribution is 7.13. The van der Waals surface area contributed by atoms with Gasteiger partial charge >= 0.3 is 5.97 Å². The van der Waals surface area contributed by atoms with Crippen molar-refractivity contribution in [2.75, 3.05) is 26.3 Å². The van der Waals surface area contributed by atoms with Crippen LogP contribution in [0.5, 0.6) is 5.75 Å². The van der Waals surface area contributed by atoms with E-state index in [1.54, 1.807) is 24.3 Å². The van der Waals surface area contributed by atoms with Crippen LogP contribution in [-0.2, 0) is 35.3 Å². The maximum atomic E-state index is 14.0. The van der Waals surface area contributed by atoms with Crippen molar-refractivity contribution in [1.82, 2.24) is 25.8 Å². The molecule has 0 saturated carbocycles. The van der Waals surface area contributed by atoms with Gasteiger partial charge in [-0.25, -0.2) is 9.78 Å². The molecule has 1 saturated heterocycles. The van der Waals surface area contributed by atoms with E-state index in [4.69, 9.17) is 9.47 Å². The maximum absolute atomic E-state index is 14.0. The molecule has 1 aliphatic heterocycles. The lowest BCUT2D eigenvalue weighted by Gasteiger charge is -2.35. The first-order valence-electron chi connectivity index (χ1n) is 20.5. The minimum atomic E-state index is -0.906. The van der Waals surface area contributed by atoms with Gasteiger partial charge in [-0.3, -0.25) is 19.2 Å². The molecule has 1 aromatic heterocycles. The highest BCUT2D eigenvalue weighted by Gasteiger charge is 2.44. The van der Waals surface area contributed by atoms with Crippen LogP contribution in [0.25, 0.3) is 26.8 Å². The van der Waals surface area contributed by atoms with E-state index in [1.807, 2.05) is 94.7 Å². The molecule has 4 aromatic rings. The number of nitrogens with zero attached hydrogens (tertiary/aromatic N) is 2. The van der Waals surface area contributed by atoms with Crippen molar-refractivity contribution < 1.29 is 38.6 Å². The second-order valence-electron chi connectivity index (χ2n) is 16.2. The van der Waals surface area contributed by atoms with Gasteiger partial charge < -0.3 is 35.4 Å². The molecule has 0 bridgehead atoms. The summed E-state index contributed by atoms with van der Waals surface area (Å²) in [6, 6.07) is 17.5. The molecule has 320 valence electrons. The largest absolute Gasteiger partial charge is 0.484 e. The molecule has 0 spiro atoms. The number of nitrogens with one attached hydrogen (secondary N) is 3. The van der Waals surface area contributed by atoms with Crippen LogP contribution in [0, 0.1) is 12.3 Å². The molecule has 1 fully saturated rings. The molecule has 13 nitrogen and oxygen atoms in total. The Morgan fingerprint density at radius 1 is 0.967 bits per heavy atom. The van der Waals surface area contributed by atoms with Crippen molar-refractivity contribution in [3.05, 3.63) is 89.1 Å². The summed E-state index contributed by atoms with van der Waals surface area (Å²) in [5, 5.41) is 21.1. The summed E-state index contributed by atoms with van der Waals surface area (Å²) in [5.41, 5.74) is 5.76. The number of likely N-dealkylation sites (tertiary alicyclic amines) is 1. The molecule has 0 aliphatic carbocycles. The summed E-state index contributed by atoms with van der Waals surface area (Å²) in [7, 11) is 0. The average molecular weight is 840 g/mol. The van der Waals surface area contributed by atoms with Crippen LogP contribution >= 0.6 is 11.3 Å². The number of ether oxygens (including phenoxy) is 2. The molecule has 2 heterocycles. The van der Waals surface area contributed by atoms with E-state index in [-0.39, 0.29) is 56.2 Å². The molecule has 3 aromatic carbocycles. The van der Waals surface area contributed by atoms with E-state index in [1.165, 1.54) is 11.0 Å². The SMILES string of the molecule is CCOC(=O)/C=C(\C)c1ccc2cc(OCC(=O)NCCCCCC(=O)N[C@H](C(=O)N3C[C@H](O)C[C@H]3C(=O)NCc3ccc(-c4scnc4C)cc3)C(C)(C)C)ccc2c1. The highest BCUT2D eigenvalue weighted by Crippen LogP contribution is 2.29. The molecule has 5 rings (SSSR count). The molecular formula is C46H57N5O8S. The summed E-state index contributed by atoms with van der Waals surface area (Å²) in [4.78, 5) is 71.6. The Labute approximate surface area is 355 Å². The van der Waals surface area contributed by atoms with Crippen LogP contribution in [-0.4, -0.2) is 89.1 Å². The van der Waals surface area contributed by atoms with Crippen molar-refractivity contribution >= 4 is 57.3 Å². The third-order valence-corrected chi connectivity index (χ3v) is 11.3. The first kappa shape index (κ1) is 45.5. The van der Waals surface area contributed by atoms with Crippen LogP contribution < -0.4 is 20.7 Å². The highest BCUT2D eigenvalue weighted by atomic mass is 32.1. The number of rotatable bonds is 18. The predicted molar refractivity (Wildman–Crippen MR) is 233 cm³/mol. The number of aryl methyl sites for hydroxylation is 1. The van der Waals surface area contributed by atoms with E-state index in [9.17, 15) is 29.1 Å². The molecule has 0 unspecified atom stereocenters.